The topological polar surface area (TPSA) is 55.9 Å². The van der Waals surface area contributed by atoms with Crippen LogP contribution in [-0.2, 0) is 9.59 Å². The van der Waals surface area contributed by atoms with Gasteiger partial charge in [0.05, 0.1) is 0 Å². The molecule has 1 saturated heterocycles. The molecule has 0 aromatic heterocycles. The second kappa shape index (κ2) is 8.92. The van der Waals surface area contributed by atoms with Crippen molar-refractivity contribution in [1.82, 2.24) is 20.2 Å². The first-order valence-corrected chi connectivity index (χ1v) is 7.61. The number of unbranched alkanes of at least 4 members (excludes halogenated alkanes) is 1. The number of amides is 2. The molecule has 2 amide bonds. The van der Waals surface area contributed by atoms with Crippen molar-refractivity contribution < 1.29 is 9.59 Å². The van der Waals surface area contributed by atoms with E-state index < -0.39 is 11.8 Å². The first-order chi connectivity index (χ1) is 9.58. The SMILES string of the molecule is CCCCN(CCC)C(=O)C(=O)NN1CCN(C)CC1. The molecular formula is C14H28N4O2. The summed E-state index contributed by atoms with van der Waals surface area (Å²) in [6.45, 7) is 8.75. The molecule has 1 fully saturated rings. The summed E-state index contributed by atoms with van der Waals surface area (Å²) in [5.41, 5.74) is 2.73. The average Bonchev–Trinajstić information content (AvgIpc) is 2.45. The lowest BCUT2D eigenvalue weighted by molar-refractivity contribution is -0.149. The second-order valence-corrected chi connectivity index (χ2v) is 5.38. The predicted octanol–water partition coefficient (Wildman–Crippen LogP) is 0.304. The highest BCUT2D eigenvalue weighted by atomic mass is 16.2. The molecule has 1 rings (SSSR count). The van der Waals surface area contributed by atoms with Crippen LogP contribution >= 0.6 is 0 Å². The van der Waals surface area contributed by atoms with Crippen molar-refractivity contribution in [3.05, 3.63) is 0 Å². The number of nitrogens with one attached hydrogen (secondary N) is 1. The highest BCUT2D eigenvalue weighted by Gasteiger charge is 2.24. The lowest BCUT2D eigenvalue weighted by Gasteiger charge is -2.32. The van der Waals surface area contributed by atoms with E-state index in [0.29, 0.717) is 13.1 Å². The van der Waals surface area contributed by atoms with Crippen LogP contribution in [0.15, 0.2) is 0 Å². The molecule has 20 heavy (non-hydrogen) atoms. The zero-order valence-electron chi connectivity index (χ0n) is 13.0. The molecule has 0 aromatic carbocycles. The Bertz CT molecular complexity index is 314. The van der Waals surface area contributed by atoms with Gasteiger partial charge in [0.2, 0.25) is 0 Å². The summed E-state index contributed by atoms with van der Waals surface area (Å²) in [7, 11) is 2.05. The van der Waals surface area contributed by atoms with Crippen molar-refractivity contribution in [1.29, 1.82) is 0 Å². The minimum atomic E-state index is -0.501. The Kier molecular flexibility index (Phi) is 7.54. The fraction of sp³-hybridized carbons (Fsp3) is 0.857. The minimum Gasteiger partial charge on any atom is -0.334 e. The van der Waals surface area contributed by atoms with Gasteiger partial charge in [0.25, 0.3) is 0 Å². The molecule has 0 aromatic rings. The minimum absolute atomic E-state index is 0.403. The Morgan fingerprint density at radius 3 is 2.25 bits per heavy atom. The summed E-state index contributed by atoms with van der Waals surface area (Å²) in [4.78, 5) is 28.0. The van der Waals surface area contributed by atoms with E-state index in [9.17, 15) is 9.59 Å². The van der Waals surface area contributed by atoms with Crippen LogP contribution in [-0.4, -0.2) is 72.9 Å². The summed E-state index contributed by atoms with van der Waals surface area (Å²) in [5, 5.41) is 1.84. The van der Waals surface area contributed by atoms with Gasteiger partial charge in [0.1, 0.15) is 0 Å². The van der Waals surface area contributed by atoms with Gasteiger partial charge in [-0.2, -0.15) is 0 Å². The molecule has 0 spiro atoms. The van der Waals surface area contributed by atoms with Gasteiger partial charge < -0.3 is 9.80 Å². The molecule has 6 nitrogen and oxygen atoms in total. The van der Waals surface area contributed by atoms with Gasteiger partial charge >= 0.3 is 11.8 Å². The van der Waals surface area contributed by atoms with Crippen molar-refractivity contribution in [3.63, 3.8) is 0 Å². The van der Waals surface area contributed by atoms with Crippen LogP contribution in [0.2, 0.25) is 0 Å². The molecule has 1 N–H and O–H groups in total. The lowest BCUT2D eigenvalue weighted by atomic mass is 10.3. The molecule has 116 valence electrons. The molecular weight excluding hydrogens is 256 g/mol. The van der Waals surface area contributed by atoms with E-state index in [1.807, 2.05) is 11.9 Å². The Balaban J connectivity index is 2.44. The summed E-state index contributed by atoms with van der Waals surface area (Å²) >= 11 is 0. The van der Waals surface area contributed by atoms with E-state index in [0.717, 1.165) is 45.4 Å². The smallest absolute Gasteiger partial charge is 0.323 e. The van der Waals surface area contributed by atoms with Crippen LogP contribution in [0.25, 0.3) is 0 Å². The molecule has 1 aliphatic heterocycles. The number of piperazine rings is 1. The van der Waals surface area contributed by atoms with Gasteiger partial charge in [-0.1, -0.05) is 20.3 Å². The van der Waals surface area contributed by atoms with Gasteiger partial charge in [-0.15, -0.1) is 0 Å². The van der Waals surface area contributed by atoms with E-state index in [2.05, 4.69) is 24.3 Å². The summed E-state index contributed by atoms with van der Waals surface area (Å²) in [6.07, 6.45) is 2.83. The van der Waals surface area contributed by atoms with E-state index in [1.165, 1.54) is 0 Å². The van der Waals surface area contributed by atoms with Crippen molar-refractivity contribution >= 4 is 11.8 Å². The first kappa shape index (κ1) is 16.9. The molecule has 6 heteroatoms. The van der Waals surface area contributed by atoms with Gasteiger partial charge in [0, 0.05) is 39.3 Å². The van der Waals surface area contributed by atoms with Gasteiger partial charge in [0.15, 0.2) is 0 Å². The number of hydrogen-bond acceptors (Lipinski definition) is 4. The number of likely N-dealkylation sites (N-methyl/N-ethyl adjacent to an activating group) is 1. The third-order valence-corrected chi connectivity index (χ3v) is 3.52. The fourth-order valence-corrected chi connectivity index (χ4v) is 2.19. The number of carbonyl (C=O) groups excluding carboxylic acids is 2. The van der Waals surface area contributed by atoms with Crippen molar-refractivity contribution in [2.45, 2.75) is 33.1 Å². The fourth-order valence-electron chi connectivity index (χ4n) is 2.19. The number of rotatable bonds is 6. The maximum absolute atomic E-state index is 12.2. The number of hydrazine groups is 1. The van der Waals surface area contributed by atoms with Crippen LogP contribution in [0, 0.1) is 0 Å². The zero-order valence-corrected chi connectivity index (χ0v) is 13.0. The maximum atomic E-state index is 12.2. The van der Waals surface area contributed by atoms with Gasteiger partial charge in [-0.3, -0.25) is 15.0 Å². The van der Waals surface area contributed by atoms with Gasteiger partial charge in [-0.05, 0) is 19.9 Å². The van der Waals surface area contributed by atoms with Gasteiger partial charge in [-0.25, -0.2) is 5.01 Å². The molecule has 1 heterocycles. The molecule has 0 atom stereocenters. The zero-order chi connectivity index (χ0) is 15.0. The Morgan fingerprint density at radius 2 is 1.70 bits per heavy atom. The Hall–Kier alpha value is -1.14. The lowest BCUT2D eigenvalue weighted by Crippen LogP contribution is -2.56. The monoisotopic (exact) mass is 284 g/mol. The third-order valence-electron chi connectivity index (χ3n) is 3.52. The maximum Gasteiger partial charge on any atom is 0.323 e. The van der Waals surface area contributed by atoms with Crippen LogP contribution in [0.1, 0.15) is 33.1 Å². The normalized spacial score (nSPS) is 16.9. The molecule has 0 saturated carbocycles. The summed E-state index contributed by atoms with van der Waals surface area (Å²) in [6, 6.07) is 0. The highest BCUT2D eigenvalue weighted by Crippen LogP contribution is 2.00. The van der Waals surface area contributed by atoms with E-state index in [-0.39, 0.29) is 0 Å². The number of carbonyl (C=O) groups is 2. The quantitative estimate of drug-likeness (QED) is 0.713. The van der Waals surface area contributed by atoms with Crippen LogP contribution in [0.3, 0.4) is 0 Å². The Labute approximate surface area is 122 Å². The second-order valence-electron chi connectivity index (χ2n) is 5.38. The predicted molar refractivity (Wildman–Crippen MR) is 79.0 cm³/mol. The molecule has 0 unspecified atom stereocenters. The van der Waals surface area contributed by atoms with E-state index in [1.54, 1.807) is 4.90 Å². The Morgan fingerprint density at radius 1 is 1.05 bits per heavy atom. The van der Waals surface area contributed by atoms with Crippen LogP contribution in [0.4, 0.5) is 0 Å². The van der Waals surface area contributed by atoms with E-state index >= 15 is 0 Å². The first-order valence-electron chi connectivity index (χ1n) is 7.61. The number of nitrogens with zero attached hydrogens (tertiary/aromatic N) is 3. The van der Waals surface area contributed by atoms with Crippen molar-refractivity contribution in [2.75, 3.05) is 46.3 Å². The third kappa shape index (κ3) is 5.46. The van der Waals surface area contributed by atoms with Crippen LogP contribution < -0.4 is 5.43 Å². The highest BCUT2D eigenvalue weighted by molar-refractivity contribution is 6.34. The van der Waals surface area contributed by atoms with E-state index in [4.69, 9.17) is 0 Å². The molecule has 0 radical (unpaired) electrons. The molecule has 0 bridgehead atoms. The largest absolute Gasteiger partial charge is 0.334 e. The average molecular weight is 284 g/mol. The summed E-state index contributed by atoms with van der Waals surface area (Å²) < 4.78 is 0. The molecule has 1 aliphatic rings. The molecule has 0 aliphatic carbocycles. The van der Waals surface area contributed by atoms with Crippen LogP contribution in [0.5, 0.6) is 0 Å². The van der Waals surface area contributed by atoms with Crippen molar-refractivity contribution in [3.8, 4) is 0 Å². The standard InChI is InChI=1S/C14H28N4O2/c1-4-6-8-17(7-5-2)14(20)13(19)15-18-11-9-16(3)10-12-18/h4-12H2,1-3H3,(H,15,19). The summed E-state index contributed by atoms with van der Waals surface area (Å²) in [5.74, 6) is -0.904. The number of hydrogen-bond donors (Lipinski definition) is 1. The van der Waals surface area contributed by atoms with Crippen molar-refractivity contribution in [2.24, 2.45) is 0 Å².